The predicted octanol–water partition coefficient (Wildman–Crippen LogP) is 5.40. The summed E-state index contributed by atoms with van der Waals surface area (Å²) < 4.78 is 0. The molecule has 2 nitrogen and oxygen atoms in total. The Labute approximate surface area is 149 Å². The van der Waals surface area contributed by atoms with Crippen LogP contribution in [0.15, 0.2) is 12.7 Å². The molecule has 0 aromatic rings. The van der Waals surface area contributed by atoms with E-state index < -0.39 is 6.10 Å². The van der Waals surface area contributed by atoms with Gasteiger partial charge in [0.1, 0.15) is 5.78 Å². The molecule has 3 aliphatic carbocycles. The Balaban J connectivity index is 0.00000100. The van der Waals surface area contributed by atoms with Crippen molar-refractivity contribution in [1.29, 1.82) is 0 Å². The molecule has 3 aliphatic rings. The van der Waals surface area contributed by atoms with Gasteiger partial charge in [-0.15, -0.1) is 6.58 Å². The Kier molecular flexibility index (Phi) is 5.41. The highest BCUT2D eigenvalue weighted by Gasteiger charge is 2.64. The van der Waals surface area contributed by atoms with Gasteiger partial charge in [-0.05, 0) is 54.8 Å². The van der Waals surface area contributed by atoms with E-state index in [0.29, 0.717) is 17.6 Å². The van der Waals surface area contributed by atoms with Gasteiger partial charge in [0.15, 0.2) is 0 Å². The molecule has 1 N–H and O–H groups in total. The van der Waals surface area contributed by atoms with E-state index in [1.54, 1.807) is 0 Å². The van der Waals surface area contributed by atoms with Crippen LogP contribution in [0.4, 0.5) is 0 Å². The lowest BCUT2D eigenvalue weighted by Crippen LogP contribution is -2.58. The Morgan fingerprint density at radius 2 is 1.75 bits per heavy atom. The number of allylic oxidation sites excluding steroid dienone is 1. The number of hydrogen-bond donors (Lipinski definition) is 1. The molecular formula is C22H38O2. The third-order valence-corrected chi connectivity index (χ3v) is 8.22. The third-order valence-electron chi connectivity index (χ3n) is 8.22. The molecule has 0 aliphatic heterocycles. The minimum absolute atomic E-state index is 0.0403. The molecule has 0 saturated heterocycles. The number of rotatable bonds is 1. The van der Waals surface area contributed by atoms with E-state index in [0.717, 1.165) is 38.5 Å². The van der Waals surface area contributed by atoms with Crippen LogP contribution in [0.25, 0.3) is 0 Å². The van der Waals surface area contributed by atoms with Crippen LogP contribution >= 0.6 is 0 Å². The Morgan fingerprint density at radius 3 is 2.33 bits per heavy atom. The van der Waals surface area contributed by atoms with Gasteiger partial charge in [-0.1, -0.05) is 47.6 Å². The Morgan fingerprint density at radius 1 is 1.12 bits per heavy atom. The normalized spacial score (nSPS) is 50.9. The smallest absolute Gasteiger partial charge is 0.137 e. The molecule has 138 valence electrons. The summed E-state index contributed by atoms with van der Waals surface area (Å²) in [6.45, 7) is 17.0. The van der Waals surface area contributed by atoms with Crippen LogP contribution < -0.4 is 0 Å². The van der Waals surface area contributed by atoms with Crippen LogP contribution in [0.2, 0.25) is 0 Å². The fourth-order valence-electron chi connectivity index (χ4n) is 6.19. The summed E-state index contributed by atoms with van der Waals surface area (Å²) in [5.41, 5.74) is -0.180. The predicted molar refractivity (Wildman–Crippen MR) is 101 cm³/mol. The average molecular weight is 335 g/mol. The van der Waals surface area contributed by atoms with E-state index in [-0.39, 0.29) is 22.2 Å². The van der Waals surface area contributed by atoms with Gasteiger partial charge >= 0.3 is 0 Å². The second-order valence-electron chi connectivity index (χ2n) is 9.10. The summed E-state index contributed by atoms with van der Waals surface area (Å²) in [6.07, 6.45) is 7.54. The zero-order chi connectivity index (χ0) is 18.3. The molecule has 0 radical (unpaired) electrons. The second-order valence-corrected chi connectivity index (χ2v) is 9.10. The molecular weight excluding hydrogens is 296 g/mol. The zero-order valence-electron chi connectivity index (χ0n) is 16.7. The molecule has 7 atom stereocenters. The van der Waals surface area contributed by atoms with Crippen molar-refractivity contribution in [2.75, 3.05) is 0 Å². The van der Waals surface area contributed by atoms with Crippen molar-refractivity contribution in [2.45, 2.75) is 86.2 Å². The molecule has 3 rings (SSSR count). The first-order valence-corrected chi connectivity index (χ1v) is 10.0. The monoisotopic (exact) mass is 334 g/mol. The number of carbonyl (C=O) groups is 1. The molecule has 0 amide bonds. The van der Waals surface area contributed by atoms with Crippen molar-refractivity contribution >= 4 is 5.78 Å². The zero-order valence-corrected chi connectivity index (χ0v) is 16.7. The second kappa shape index (κ2) is 6.59. The third kappa shape index (κ3) is 2.60. The number of carbonyl (C=O) groups excluding carboxylic acids is 1. The van der Waals surface area contributed by atoms with E-state index in [9.17, 15) is 9.90 Å². The standard InChI is InChI=1S/C20H32O2.C2H6/c1-6-18(4)12-16(22)19(5)13(2)7-9-20(11-14(18)3)10-8-15(21)17(19)20;1-2/h6,13-14,16-17,22H,1,7-12H2,2-5H3;1-2H3/t13?,14-,16+,17?,18+,19-,20-;/m0./s1. The van der Waals surface area contributed by atoms with Gasteiger partial charge in [0.25, 0.3) is 0 Å². The number of aliphatic hydroxyl groups is 1. The molecule has 2 bridgehead atoms. The van der Waals surface area contributed by atoms with Crippen molar-refractivity contribution < 1.29 is 9.90 Å². The maximum atomic E-state index is 12.8. The first kappa shape index (κ1) is 19.7. The van der Waals surface area contributed by atoms with E-state index in [1.807, 2.05) is 13.8 Å². The molecule has 0 aromatic carbocycles. The van der Waals surface area contributed by atoms with Crippen molar-refractivity contribution in [2.24, 2.45) is 34.0 Å². The van der Waals surface area contributed by atoms with Crippen LogP contribution in [0.5, 0.6) is 0 Å². The molecule has 2 unspecified atom stereocenters. The summed E-state index contributed by atoms with van der Waals surface area (Å²) >= 11 is 0. The van der Waals surface area contributed by atoms with E-state index in [4.69, 9.17) is 0 Å². The highest BCUT2D eigenvalue weighted by Crippen LogP contribution is 2.66. The van der Waals surface area contributed by atoms with Crippen LogP contribution in [-0.2, 0) is 4.79 Å². The molecule has 2 heteroatoms. The minimum Gasteiger partial charge on any atom is -0.392 e. The number of Topliss-reactive ketones (excluding diaryl/α,β-unsaturated/α-hetero) is 1. The van der Waals surface area contributed by atoms with Gasteiger partial charge in [-0.25, -0.2) is 0 Å². The highest BCUT2D eigenvalue weighted by atomic mass is 16.3. The highest BCUT2D eigenvalue weighted by molar-refractivity contribution is 5.85. The van der Waals surface area contributed by atoms with Gasteiger partial charge in [-0.3, -0.25) is 4.79 Å². The molecule has 0 heterocycles. The Bertz CT molecular complexity index is 498. The maximum Gasteiger partial charge on any atom is 0.137 e. The van der Waals surface area contributed by atoms with E-state index in [1.165, 1.54) is 0 Å². The first-order valence-electron chi connectivity index (χ1n) is 10.0. The Hall–Kier alpha value is -0.630. The van der Waals surface area contributed by atoms with Crippen LogP contribution in [0, 0.1) is 34.0 Å². The molecule has 3 fully saturated rings. The molecule has 3 saturated carbocycles. The van der Waals surface area contributed by atoms with Crippen molar-refractivity contribution in [3.05, 3.63) is 12.7 Å². The molecule has 0 aromatic heterocycles. The fourth-order valence-corrected chi connectivity index (χ4v) is 6.19. The fraction of sp³-hybridized carbons (Fsp3) is 0.864. The van der Waals surface area contributed by atoms with Crippen molar-refractivity contribution in [1.82, 2.24) is 0 Å². The largest absolute Gasteiger partial charge is 0.392 e. The van der Waals surface area contributed by atoms with E-state index >= 15 is 0 Å². The lowest BCUT2D eigenvalue weighted by Gasteiger charge is -2.59. The first-order chi connectivity index (χ1) is 11.2. The van der Waals surface area contributed by atoms with Crippen LogP contribution in [-0.4, -0.2) is 17.0 Å². The maximum absolute atomic E-state index is 12.8. The number of hydrogen-bond acceptors (Lipinski definition) is 2. The topological polar surface area (TPSA) is 37.3 Å². The van der Waals surface area contributed by atoms with Crippen molar-refractivity contribution in [3.8, 4) is 0 Å². The van der Waals surface area contributed by atoms with Crippen LogP contribution in [0.3, 0.4) is 0 Å². The minimum atomic E-state index is -0.417. The summed E-state index contributed by atoms with van der Waals surface area (Å²) in [4.78, 5) is 12.8. The summed E-state index contributed by atoms with van der Waals surface area (Å²) in [7, 11) is 0. The van der Waals surface area contributed by atoms with Crippen molar-refractivity contribution in [3.63, 3.8) is 0 Å². The lowest BCUT2D eigenvalue weighted by molar-refractivity contribution is -0.165. The summed E-state index contributed by atoms with van der Waals surface area (Å²) in [5, 5.41) is 11.2. The average Bonchev–Trinajstić information content (AvgIpc) is 2.89. The van der Waals surface area contributed by atoms with Gasteiger partial charge in [0.2, 0.25) is 0 Å². The van der Waals surface area contributed by atoms with Gasteiger partial charge in [0, 0.05) is 17.8 Å². The summed E-state index contributed by atoms with van der Waals surface area (Å²) in [5.74, 6) is 1.36. The van der Waals surface area contributed by atoms with Gasteiger partial charge in [-0.2, -0.15) is 0 Å². The SMILES string of the molecule is C=C[C@]1(C)C[C@@H](O)[C@]2(C)C(C)CC[C@]3(CCC(=O)C32)C[C@@H]1C.CC. The molecule has 0 spiro atoms. The van der Waals surface area contributed by atoms with Gasteiger partial charge in [0.05, 0.1) is 6.10 Å². The molecule has 24 heavy (non-hydrogen) atoms. The number of aliphatic hydroxyl groups excluding tert-OH is 1. The summed E-state index contributed by atoms with van der Waals surface area (Å²) in [6, 6.07) is 0. The van der Waals surface area contributed by atoms with E-state index in [2.05, 4.69) is 40.3 Å². The lowest BCUT2D eigenvalue weighted by atomic mass is 9.45. The van der Waals surface area contributed by atoms with Crippen LogP contribution in [0.1, 0.15) is 80.1 Å². The number of ketones is 1. The van der Waals surface area contributed by atoms with Gasteiger partial charge < -0.3 is 5.11 Å². The quantitative estimate of drug-likeness (QED) is 0.652.